The topological polar surface area (TPSA) is 9.23 Å². The van der Waals surface area contributed by atoms with E-state index in [1.165, 1.54) is 4.46 Å². The minimum absolute atomic E-state index is 0.416. The van der Waals surface area contributed by atoms with Crippen molar-refractivity contribution < 1.29 is 4.74 Å². The third-order valence-corrected chi connectivity index (χ3v) is 4.04. The van der Waals surface area contributed by atoms with Crippen LogP contribution in [0.5, 0.6) is 5.75 Å². The Balaban J connectivity index is 2.80. The molecular formula is C7H7BrOSe. The first kappa shape index (κ1) is 8.12. The van der Waals surface area contributed by atoms with E-state index in [1.807, 2.05) is 12.1 Å². The minimum atomic E-state index is 0.416. The number of halogens is 1. The molecule has 0 saturated heterocycles. The molecule has 1 aromatic rings. The van der Waals surface area contributed by atoms with Crippen LogP contribution in [0.15, 0.2) is 24.3 Å². The first-order valence-corrected chi connectivity index (χ1v) is 7.66. The Labute approximate surface area is 73.6 Å². The van der Waals surface area contributed by atoms with Gasteiger partial charge in [-0.05, 0) is 0 Å². The Morgan fingerprint density at radius 1 is 1.30 bits per heavy atom. The molecule has 0 heterocycles. The molecule has 0 bridgehead atoms. The standard InChI is InChI=1S/C7H7BrOSe/c1-9-6-2-4-7(10-8)5-3-6/h2-5H,1H3. The summed E-state index contributed by atoms with van der Waals surface area (Å²) in [5.41, 5.74) is 0. The number of benzene rings is 1. The molecule has 0 saturated carbocycles. The van der Waals surface area contributed by atoms with E-state index in [0.29, 0.717) is 13.1 Å². The van der Waals surface area contributed by atoms with Crippen LogP contribution in [0.2, 0.25) is 0 Å². The third-order valence-electron chi connectivity index (χ3n) is 1.15. The monoisotopic (exact) mass is 266 g/mol. The molecule has 1 aromatic carbocycles. The van der Waals surface area contributed by atoms with Crippen molar-refractivity contribution >= 4 is 31.7 Å². The van der Waals surface area contributed by atoms with Gasteiger partial charge in [-0.1, -0.05) is 0 Å². The van der Waals surface area contributed by atoms with Crippen LogP contribution < -0.4 is 9.20 Å². The summed E-state index contributed by atoms with van der Waals surface area (Å²) >= 11 is 3.84. The molecule has 0 atom stereocenters. The van der Waals surface area contributed by atoms with E-state index in [0.717, 1.165) is 5.75 Å². The van der Waals surface area contributed by atoms with E-state index in [-0.39, 0.29) is 0 Å². The number of hydrogen-bond acceptors (Lipinski definition) is 1. The number of rotatable bonds is 2. The van der Waals surface area contributed by atoms with Crippen LogP contribution in [-0.2, 0) is 0 Å². The first-order valence-electron chi connectivity index (χ1n) is 2.79. The Hall–Kier alpha value is 0.0195. The second-order valence-corrected chi connectivity index (χ2v) is 4.75. The van der Waals surface area contributed by atoms with Gasteiger partial charge in [0.05, 0.1) is 0 Å². The van der Waals surface area contributed by atoms with E-state index in [9.17, 15) is 0 Å². The van der Waals surface area contributed by atoms with Crippen molar-refractivity contribution in [1.29, 1.82) is 0 Å². The van der Waals surface area contributed by atoms with Crippen LogP contribution >= 0.6 is 14.1 Å². The van der Waals surface area contributed by atoms with E-state index in [2.05, 4.69) is 26.2 Å². The van der Waals surface area contributed by atoms with Crippen molar-refractivity contribution in [2.24, 2.45) is 0 Å². The molecular weight excluding hydrogens is 259 g/mol. The Kier molecular flexibility index (Phi) is 3.26. The van der Waals surface area contributed by atoms with Crippen LogP contribution in [0.3, 0.4) is 0 Å². The molecule has 0 spiro atoms. The molecule has 3 heteroatoms. The average Bonchev–Trinajstić information content (AvgIpc) is 2.05. The zero-order valence-electron chi connectivity index (χ0n) is 5.50. The quantitative estimate of drug-likeness (QED) is 0.734. The van der Waals surface area contributed by atoms with Gasteiger partial charge >= 0.3 is 73.6 Å². The average molecular weight is 266 g/mol. The van der Waals surface area contributed by atoms with E-state index in [1.54, 1.807) is 7.11 Å². The first-order chi connectivity index (χ1) is 4.86. The van der Waals surface area contributed by atoms with Crippen molar-refractivity contribution in [2.75, 3.05) is 7.11 Å². The van der Waals surface area contributed by atoms with Gasteiger partial charge in [0.2, 0.25) is 0 Å². The molecule has 1 rings (SSSR count). The number of hydrogen-bond donors (Lipinski definition) is 0. The molecule has 0 N–H and O–H groups in total. The molecule has 0 amide bonds. The molecule has 0 aliphatic carbocycles. The fourth-order valence-corrected chi connectivity index (χ4v) is 2.25. The molecule has 0 aliphatic rings. The third kappa shape index (κ3) is 2.01. The maximum absolute atomic E-state index is 5.01. The zero-order chi connectivity index (χ0) is 7.40. The predicted octanol–water partition coefficient (Wildman–Crippen LogP) is 1.33. The van der Waals surface area contributed by atoms with Crippen molar-refractivity contribution in [3.8, 4) is 5.75 Å². The summed E-state index contributed by atoms with van der Waals surface area (Å²) in [6, 6.07) is 8.07. The summed E-state index contributed by atoms with van der Waals surface area (Å²) in [6.45, 7) is 0. The van der Waals surface area contributed by atoms with Gasteiger partial charge in [0.25, 0.3) is 0 Å². The van der Waals surface area contributed by atoms with Gasteiger partial charge in [0.1, 0.15) is 0 Å². The molecule has 0 aliphatic heterocycles. The van der Waals surface area contributed by atoms with Crippen LogP contribution in [0, 0.1) is 0 Å². The number of methoxy groups -OCH3 is 1. The predicted molar refractivity (Wildman–Crippen MR) is 47.3 cm³/mol. The van der Waals surface area contributed by atoms with Crippen LogP contribution in [0.4, 0.5) is 0 Å². The van der Waals surface area contributed by atoms with Gasteiger partial charge in [0, 0.05) is 0 Å². The summed E-state index contributed by atoms with van der Waals surface area (Å²) in [6.07, 6.45) is 0. The Bertz CT molecular complexity index is 174. The SMILES string of the molecule is COc1ccc([Se]Br)cc1. The van der Waals surface area contributed by atoms with Gasteiger partial charge in [-0.25, -0.2) is 0 Å². The summed E-state index contributed by atoms with van der Waals surface area (Å²) in [4.78, 5) is 0. The van der Waals surface area contributed by atoms with Gasteiger partial charge < -0.3 is 0 Å². The molecule has 0 radical (unpaired) electrons. The van der Waals surface area contributed by atoms with E-state index in [4.69, 9.17) is 4.74 Å². The summed E-state index contributed by atoms with van der Waals surface area (Å²) in [5.74, 6) is 0.917. The molecule has 54 valence electrons. The fourth-order valence-electron chi connectivity index (χ4n) is 0.627. The van der Waals surface area contributed by atoms with Crippen molar-refractivity contribution in [3.05, 3.63) is 24.3 Å². The van der Waals surface area contributed by atoms with Gasteiger partial charge in [-0.3, -0.25) is 0 Å². The van der Waals surface area contributed by atoms with Crippen LogP contribution in [0.1, 0.15) is 0 Å². The van der Waals surface area contributed by atoms with Crippen LogP contribution in [-0.4, -0.2) is 20.3 Å². The zero-order valence-corrected chi connectivity index (χ0v) is 8.80. The normalized spacial score (nSPS) is 9.40. The van der Waals surface area contributed by atoms with E-state index >= 15 is 0 Å². The molecule has 0 fully saturated rings. The van der Waals surface area contributed by atoms with Crippen molar-refractivity contribution in [1.82, 2.24) is 0 Å². The summed E-state index contributed by atoms with van der Waals surface area (Å²) in [7, 11) is 1.67. The Morgan fingerprint density at radius 3 is 2.30 bits per heavy atom. The van der Waals surface area contributed by atoms with E-state index < -0.39 is 0 Å². The van der Waals surface area contributed by atoms with Crippen molar-refractivity contribution in [3.63, 3.8) is 0 Å². The molecule has 1 nitrogen and oxygen atoms in total. The summed E-state index contributed by atoms with van der Waals surface area (Å²) in [5, 5.41) is 0. The second kappa shape index (κ2) is 4.02. The molecule has 0 aromatic heterocycles. The van der Waals surface area contributed by atoms with Crippen LogP contribution in [0.25, 0.3) is 0 Å². The second-order valence-electron chi connectivity index (χ2n) is 1.75. The number of ether oxygens (including phenoxy) is 1. The Morgan fingerprint density at radius 2 is 1.90 bits per heavy atom. The molecule has 0 unspecified atom stereocenters. The maximum atomic E-state index is 5.01. The van der Waals surface area contributed by atoms with Gasteiger partial charge in [-0.15, -0.1) is 0 Å². The van der Waals surface area contributed by atoms with Crippen molar-refractivity contribution in [2.45, 2.75) is 0 Å². The molecule has 10 heavy (non-hydrogen) atoms. The summed E-state index contributed by atoms with van der Waals surface area (Å²) < 4.78 is 6.33. The fraction of sp³-hybridized carbons (Fsp3) is 0.143. The van der Waals surface area contributed by atoms with Gasteiger partial charge in [-0.2, -0.15) is 0 Å². The van der Waals surface area contributed by atoms with Gasteiger partial charge in [0.15, 0.2) is 0 Å².